The number of pyridine rings is 1. The number of thiocarbonyl (C=S) groups is 1. The van der Waals surface area contributed by atoms with Crippen LogP contribution >= 0.6 is 24.0 Å². The lowest BCUT2D eigenvalue weighted by Gasteiger charge is -2.33. The Morgan fingerprint density at radius 2 is 2.15 bits per heavy atom. The lowest BCUT2D eigenvalue weighted by Crippen LogP contribution is -2.50. The molecule has 2 saturated heterocycles. The minimum atomic E-state index is -0.0763. The number of carbonyl (C=O) groups is 1. The van der Waals surface area contributed by atoms with Crippen LogP contribution < -0.4 is 0 Å². The van der Waals surface area contributed by atoms with Crippen LogP contribution in [0.4, 0.5) is 0 Å². The van der Waals surface area contributed by atoms with Crippen LogP contribution in [-0.2, 0) is 9.53 Å². The molecule has 0 aliphatic carbocycles. The molecule has 0 aromatic carbocycles. The van der Waals surface area contributed by atoms with Crippen molar-refractivity contribution in [3.05, 3.63) is 35.0 Å². The van der Waals surface area contributed by atoms with Crippen LogP contribution in [0.15, 0.2) is 29.3 Å². The van der Waals surface area contributed by atoms with E-state index in [1.54, 1.807) is 17.3 Å². The molecule has 20 heavy (non-hydrogen) atoms. The Balaban J connectivity index is 1.81. The van der Waals surface area contributed by atoms with E-state index in [0.717, 1.165) is 5.69 Å². The summed E-state index contributed by atoms with van der Waals surface area (Å²) in [6.07, 6.45) is 3.48. The van der Waals surface area contributed by atoms with Gasteiger partial charge in [0.1, 0.15) is 0 Å². The van der Waals surface area contributed by atoms with Crippen LogP contribution in [0.2, 0.25) is 0 Å². The smallest absolute Gasteiger partial charge is 0.281 e. The van der Waals surface area contributed by atoms with Crippen LogP contribution in [-0.4, -0.2) is 51.5 Å². The van der Waals surface area contributed by atoms with Gasteiger partial charge >= 0.3 is 0 Å². The molecule has 0 N–H and O–H groups in total. The third kappa shape index (κ3) is 2.76. The lowest BCUT2D eigenvalue weighted by atomic mass is 10.3. The van der Waals surface area contributed by atoms with Gasteiger partial charge in [-0.15, -0.1) is 0 Å². The fourth-order valence-electron chi connectivity index (χ4n) is 2.05. The van der Waals surface area contributed by atoms with Crippen molar-refractivity contribution in [2.24, 2.45) is 0 Å². The molecule has 5 nitrogen and oxygen atoms in total. The van der Waals surface area contributed by atoms with Gasteiger partial charge in [-0.1, -0.05) is 30.0 Å². The molecule has 0 radical (unpaired) electrons. The molecule has 0 bridgehead atoms. The van der Waals surface area contributed by atoms with Crippen LogP contribution in [0.5, 0.6) is 0 Å². The summed E-state index contributed by atoms with van der Waals surface area (Å²) in [4.78, 5) is 17.3. The second-order valence-corrected chi connectivity index (χ2v) is 5.99. The number of nitrogens with zero attached hydrogens (tertiary/aromatic N) is 3. The van der Waals surface area contributed by atoms with Crippen molar-refractivity contribution in [1.82, 2.24) is 15.0 Å². The van der Waals surface area contributed by atoms with E-state index in [1.165, 1.54) is 11.8 Å². The van der Waals surface area contributed by atoms with Gasteiger partial charge in [-0.3, -0.25) is 9.78 Å². The molecule has 0 saturated carbocycles. The highest BCUT2D eigenvalue weighted by atomic mass is 32.2. The Hall–Kier alpha value is -1.28. The molecule has 0 unspecified atom stereocenters. The van der Waals surface area contributed by atoms with Crippen molar-refractivity contribution in [1.29, 1.82) is 0 Å². The SMILES string of the molecule is O=C1C(=Cc2ccccn2)SC(=S)N1N1CCOCC1. The van der Waals surface area contributed by atoms with E-state index in [-0.39, 0.29) is 5.91 Å². The number of morpholine rings is 1. The minimum absolute atomic E-state index is 0.0763. The normalized spacial score (nSPS) is 22.8. The van der Waals surface area contributed by atoms with Crippen molar-refractivity contribution in [3.8, 4) is 0 Å². The van der Waals surface area contributed by atoms with Crippen LogP contribution in [0.1, 0.15) is 5.69 Å². The number of ether oxygens (including phenoxy) is 1. The molecule has 2 aliphatic rings. The summed E-state index contributed by atoms with van der Waals surface area (Å²) in [6.45, 7) is 2.61. The van der Waals surface area contributed by atoms with Crippen LogP contribution in [0, 0.1) is 0 Å². The minimum Gasteiger partial charge on any atom is -0.379 e. The molecule has 2 fully saturated rings. The average molecular weight is 307 g/mol. The highest BCUT2D eigenvalue weighted by Gasteiger charge is 2.36. The molecule has 0 spiro atoms. The van der Waals surface area contributed by atoms with Gasteiger partial charge in [0.15, 0.2) is 4.32 Å². The van der Waals surface area contributed by atoms with E-state index in [0.29, 0.717) is 35.5 Å². The summed E-state index contributed by atoms with van der Waals surface area (Å²) in [5.41, 5.74) is 0.759. The number of hydrazine groups is 1. The maximum atomic E-state index is 12.5. The summed E-state index contributed by atoms with van der Waals surface area (Å²) in [7, 11) is 0. The molecule has 2 aliphatic heterocycles. The molecule has 0 atom stereocenters. The Morgan fingerprint density at radius 3 is 2.85 bits per heavy atom. The maximum absolute atomic E-state index is 12.5. The Labute approximate surface area is 126 Å². The van der Waals surface area contributed by atoms with E-state index in [9.17, 15) is 4.79 Å². The van der Waals surface area contributed by atoms with E-state index in [1.807, 2.05) is 23.2 Å². The van der Waals surface area contributed by atoms with Crippen molar-refractivity contribution < 1.29 is 9.53 Å². The Morgan fingerprint density at radius 1 is 1.35 bits per heavy atom. The highest BCUT2D eigenvalue weighted by Crippen LogP contribution is 2.33. The van der Waals surface area contributed by atoms with Crippen molar-refractivity contribution in [2.45, 2.75) is 0 Å². The quantitative estimate of drug-likeness (QED) is 0.610. The molecule has 3 rings (SSSR count). The topological polar surface area (TPSA) is 45.7 Å². The molecule has 1 amide bonds. The largest absolute Gasteiger partial charge is 0.379 e. The van der Waals surface area contributed by atoms with E-state index in [2.05, 4.69) is 4.98 Å². The van der Waals surface area contributed by atoms with Gasteiger partial charge in [0.2, 0.25) is 0 Å². The fourth-order valence-corrected chi connectivity index (χ4v) is 3.35. The predicted molar refractivity (Wildman–Crippen MR) is 81.6 cm³/mol. The first kappa shape index (κ1) is 13.7. The first-order valence-electron chi connectivity index (χ1n) is 6.27. The number of amides is 1. The van der Waals surface area contributed by atoms with Gasteiger partial charge < -0.3 is 4.74 Å². The number of thioether (sulfide) groups is 1. The summed E-state index contributed by atoms with van der Waals surface area (Å²) in [5, 5.41) is 3.53. The third-order valence-corrected chi connectivity index (χ3v) is 4.29. The molecule has 104 valence electrons. The van der Waals surface area contributed by atoms with Gasteiger partial charge in [-0.05, 0) is 18.2 Å². The number of aromatic nitrogens is 1. The van der Waals surface area contributed by atoms with E-state index < -0.39 is 0 Å². The van der Waals surface area contributed by atoms with Crippen molar-refractivity contribution >= 4 is 40.3 Å². The lowest BCUT2D eigenvalue weighted by molar-refractivity contribution is -0.138. The highest BCUT2D eigenvalue weighted by molar-refractivity contribution is 8.26. The monoisotopic (exact) mass is 307 g/mol. The number of hydrogen-bond acceptors (Lipinski definition) is 6. The van der Waals surface area contributed by atoms with Gasteiger partial charge in [0, 0.05) is 19.3 Å². The zero-order valence-electron chi connectivity index (χ0n) is 10.7. The zero-order chi connectivity index (χ0) is 13.9. The van der Waals surface area contributed by atoms with Crippen molar-refractivity contribution in [2.75, 3.05) is 26.3 Å². The number of hydrogen-bond donors (Lipinski definition) is 0. The zero-order valence-corrected chi connectivity index (χ0v) is 12.3. The molecule has 1 aromatic heterocycles. The third-order valence-electron chi connectivity index (χ3n) is 3.01. The summed E-state index contributed by atoms with van der Waals surface area (Å²) in [5.74, 6) is -0.0763. The average Bonchev–Trinajstić information content (AvgIpc) is 2.75. The first-order valence-corrected chi connectivity index (χ1v) is 7.50. The second-order valence-electron chi connectivity index (χ2n) is 4.31. The first-order chi connectivity index (χ1) is 9.75. The van der Waals surface area contributed by atoms with Crippen molar-refractivity contribution in [3.63, 3.8) is 0 Å². The number of rotatable bonds is 2. The molecule has 1 aromatic rings. The molecular weight excluding hydrogens is 294 g/mol. The van der Waals surface area contributed by atoms with Gasteiger partial charge in [0.25, 0.3) is 5.91 Å². The summed E-state index contributed by atoms with van der Waals surface area (Å²) < 4.78 is 5.87. The van der Waals surface area contributed by atoms with E-state index in [4.69, 9.17) is 17.0 Å². The van der Waals surface area contributed by atoms with Gasteiger partial charge in [-0.2, -0.15) is 0 Å². The van der Waals surface area contributed by atoms with Crippen LogP contribution in [0.25, 0.3) is 6.08 Å². The Kier molecular flexibility index (Phi) is 4.11. The second kappa shape index (κ2) is 6.01. The standard InChI is InChI=1S/C13H13N3O2S2/c17-12-11(9-10-3-1-2-4-14-10)20-13(19)16(12)15-5-7-18-8-6-15/h1-4,9H,5-8H2. The maximum Gasteiger partial charge on any atom is 0.281 e. The fraction of sp³-hybridized carbons (Fsp3) is 0.308. The van der Waals surface area contributed by atoms with Gasteiger partial charge in [0.05, 0.1) is 23.8 Å². The van der Waals surface area contributed by atoms with Crippen LogP contribution in [0.3, 0.4) is 0 Å². The Bertz CT molecular complexity index is 556. The summed E-state index contributed by atoms with van der Waals surface area (Å²) in [6, 6.07) is 5.60. The molecular formula is C13H13N3O2S2. The molecule has 3 heterocycles. The number of carbonyl (C=O) groups excluding carboxylic acids is 1. The molecule has 7 heteroatoms. The van der Waals surface area contributed by atoms with E-state index >= 15 is 0 Å². The predicted octanol–water partition coefficient (Wildman–Crippen LogP) is 1.53. The van der Waals surface area contributed by atoms with Gasteiger partial charge in [-0.25, -0.2) is 10.0 Å². The summed E-state index contributed by atoms with van der Waals surface area (Å²) >= 11 is 6.63.